The van der Waals surface area contributed by atoms with Crippen molar-refractivity contribution in [3.05, 3.63) is 29.8 Å². The molecule has 1 aromatic rings. The SMILES string of the molecule is CCNC(C)c1ccccc1N1CC(C(N)=O)CCC1C. The van der Waals surface area contributed by atoms with Crippen LogP contribution in [0.5, 0.6) is 0 Å². The Balaban J connectivity index is 2.29. The third-order valence-electron chi connectivity index (χ3n) is 4.51. The van der Waals surface area contributed by atoms with Gasteiger partial charge in [-0.25, -0.2) is 0 Å². The Labute approximate surface area is 127 Å². The maximum absolute atomic E-state index is 11.5. The van der Waals surface area contributed by atoms with Gasteiger partial charge < -0.3 is 16.0 Å². The minimum atomic E-state index is -0.177. The predicted molar refractivity (Wildman–Crippen MR) is 87.3 cm³/mol. The first-order valence-corrected chi connectivity index (χ1v) is 7.92. The molecule has 0 spiro atoms. The van der Waals surface area contributed by atoms with Crippen LogP contribution >= 0.6 is 0 Å². The maximum atomic E-state index is 11.5. The summed E-state index contributed by atoms with van der Waals surface area (Å²) >= 11 is 0. The molecule has 0 radical (unpaired) electrons. The van der Waals surface area contributed by atoms with Crippen LogP contribution in [-0.2, 0) is 4.79 Å². The largest absolute Gasteiger partial charge is 0.369 e. The van der Waals surface area contributed by atoms with Crippen LogP contribution in [0.3, 0.4) is 0 Å². The third kappa shape index (κ3) is 3.56. The normalized spacial score (nSPS) is 23.9. The van der Waals surface area contributed by atoms with Crippen molar-refractivity contribution in [3.8, 4) is 0 Å². The van der Waals surface area contributed by atoms with Gasteiger partial charge in [-0.1, -0.05) is 25.1 Å². The molecule has 1 aliphatic rings. The summed E-state index contributed by atoms with van der Waals surface area (Å²) in [5.74, 6) is -0.215. The number of hydrogen-bond donors (Lipinski definition) is 2. The third-order valence-corrected chi connectivity index (χ3v) is 4.51. The van der Waals surface area contributed by atoms with Crippen molar-refractivity contribution in [2.75, 3.05) is 18.0 Å². The van der Waals surface area contributed by atoms with E-state index in [4.69, 9.17) is 5.73 Å². The molecule has 1 aliphatic heterocycles. The van der Waals surface area contributed by atoms with Crippen LogP contribution in [0.1, 0.15) is 45.2 Å². The van der Waals surface area contributed by atoms with Gasteiger partial charge >= 0.3 is 0 Å². The Kier molecular flexibility index (Phi) is 5.23. The van der Waals surface area contributed by atoms with Gasteiger partial charge in [0.25, 0.3) is 0 Å². The van der Waals surface area contributed by atoms with Crippen molar-refractivity contribution >= 4 is 11.6 Å². The number of para-hydroxylation sites is 1. The monoisotopic (exact) mass is 289 g/mol. The fraction of sp³-hybridized carbons (Fsp3) is 0.588. The Hall–Kier alpha value is -1.55. The highest BCUT2D eigenvalue weighted by Crippen LogP contribution is 2.32. The molecule has 0 saturated carbocycles. The number of hydrogen-bond acceptors (Lipinski definition) is 3. The molecule has 21 heavy (non-hydrogen) atoms. The van der Waals surface area contributed by atoms with E-state index >= 15 is 0 Å². The van der Waals surface area contributed by atoms with Crippen molar-refractivity contribution in [1.82, 2.24) is 5.32 Å². The minimum Gasteiger partial charge on any atom is -0.369 e. The van der Waals surface area contributed by atoms with Gasteiger partial charge in [-0.2, -0.15) is 0 Å². The molecule has 4 nitrogen and oxygen atoms in total. The highest BCUT2D eigenvalue weighted by molar-refractivity contribution is 5.78. The molecule has 0 aromatic heterocycles. The molecule has 1 fully saturated rings. The van der Waals surface area contributed by atoms with E-state index in [2.05, 4.69) is 55.3 Å². The topological polar surface area (TPSA) is 58.4 Å². The predicted octanol–water partition coefficient (Wildman–Crippen LogP) is 2.45. The summed E-state index contributed by atoms with van der Waals surface area (Å²) in [5, 5.41) is 3.47. The van der Waals surface area contributed by atoms with E-state index in [1.807, 2.05) is 0 Å². The van der Waals surface area contributed by atoms with Gasteiger partial charge in [-0.15, -0.1) is 0 Å². The van der Waals surface area contributed by atoms with Gasteiger partial charge in [-0.05, 0) is 44.9 Å². The molecule has 4 heteroatoms. The summed E-state index contributed by atoms with van der Waals surface area (Å²) in [5.41, 5.74) is 8.04. The second-order valence-corrected chi connectivity index (χ2v) is 6.02. The zero-order chi connectivity index (χ0) is 15.4. The number of amides is 1. The Morgan fingerprint density at radius 3 is 2.81 bits per heavy atom. The van der Waals surface area contributed by atoms with Gasteiger partial charge in [0.05, 0.1) is 5.92 Å². The molecule has 1 aromatic carbocycles. The molecule has 1 amide bonds. The Morgan fingerprint density at radius 2 is 2.14 bits per heavy atom. The number of nitrogens with two attached hydrogens (primary N) is 1. The van der Waals surface area contributed by atoms with Crippen molar-refractivity contribution in [2.24, 2.45) is 11.7 Å². The number of nitrogens with zero attached hydrogens (tertiary/aromatic N) is 1. The molecule has 0 bridgehead atoms. The highest BCUT2D eigenvalue weighted by Gasteiger charge is 2.30. The lowest BCUT2D eigenvalue weighted by atomic mass is 9.91. The molecule has 1 heterocycles. The fourth-order valence-corrected chi connectivity index (χ4v) is 3.21. The minimum absolute atomic E-state index is 0.0382. The number of rotatable bonds is 5. The summed E-state index contributed by atoms with van der Waals surface area (Å²) in [7, 11) is 0. The molecule has 0 aliphatic carbocycles. The molecular formula is C17H27N3O. The molecule has 3 N–H and O–H groups in total. The van der Waals surface area contributed by atoms with Gasteiger partial charge in [0, 0.05) is 24.3 Å². The maximum Gasteiger partial charge on any atom is 0.222 e. The smallest absolute Gasteiger partial charge is 0.222 e. The van der Waals surface area contributed by atoms with Crippen molar-refractivity contribution < 1.29 is 4.79 Å². The Bertz CT molecular complexity index is 489. The molecular weight excluding hydrogens is 262 g/mol. The summed E-state index contributed by atoms with van der Waals surface area (Å²) in [6.45, 7) is 8.20. The summed E-state index contributed by atoms with van der Waals surface area (Å²) in [6.07, 6.45) is 1.91. The first kappa shape index (κ1) is 15.8. The standard InChI is InChI=1S/C17H27N3O/c1-4-19-13(3)15-7-5-6-8-16(15)20-11-14(17(18)21)10-9-12(20)2/h5-8,12-14,19H,4,9-11H2,1-3H3,(H2,18,21). The van der Waals surface area contributed by atoms with E-state index in [-0.39, 0.29) is 11.8 Å². The van der Waals surface area contributed by atoms with Crippen molar-refractivity contribution in [2.45, 2.75) is 45.7 Å². The lowest BCUT2D eigenvalue weighted by Gasteiger charge is -2.40. The van der Waals surface area contributed by atoms with Crippen LogP contribution in [0.4, 0.5) is 5.69 Å². The zero-order valence-electron chi connectivity index (χ0n) is 13.3. The number of piperidine rings is 1. The Morgan fingerprint density at radius 1 is 1.43 bits per heavy atom. The molecule has 3 atom stereocenters. The quantitative estimate of drug-likeness (QED) is 0.875. The van der Waals surface area contributed by atoms with E-state index in [1.54, 1.807) is 0 Å². The number of anilines is 1. The van der Waals surface area contributed by atoms with Crippen LogP contribution in [-0.4, -0.2) is 25.0 Å². The average molecular weight is 289 g/mol. The lowest BCUT2D eigenvalue weighted by molar-refractivity contribution is -0.122. The van der Waals surface area contributed by atoms with E-state index in [9.17, 15) is 4.79 Å². The molecule has 3 unspecified atom stereocenters. The average Bonchev–Trinajstić information content (AvgIpc) is 2.47. The van der Waals surface area contributed by atoms with Crippen LogP contribution in [0, 0.1) is 5.92 Å². The summed E-state index contributed by atoms with van der Waals surface area (Å²) < 4.78 is 0. The fourth-order valence-electron chi connectivity index (χ4n) is 3.21. The number of benzene rings is 1. The first-order valence-electron chi connectivity index (χ1n) is 7.92. The second-order valence-electron chi connectivity index (χ2n) is 6.02. The summed E-state index contributed by atoms with van der Waals surface area (Å²) in [6, 6.07) is 9.21. The van der Waals surface area contributed by atoms with Crippen molar-refractivity contribution in [3.63, 3.8) is 0 Å². The molecule has 2 rings (SSSR count). The first-order chi connectivity index (χ1) is 10.0. The number of primary amides is 1. The molecule has 1 saturated heterocycles. The van der Waals surface area contributed by atoms with Crippen LogP contribution in [0.15, 0.2) is 24.3 Å². The van der Waals surface area contributed by atoms with Gasteiger partial charge in [-0.3, -0.25) is 4.79 Å². The van der Waals surface area contributed by atoms with Crippen LogP contribution in [0.2, 0.25) is 0 Å². The van der Waals surface area contributed by atoms with E-state index in [0.29, 0.717) is 12.1 Å². The van der Waals surface area contributed by atoms with Gasteiger partial charge in [0.2, 0.25) is 5.91 Å². The second kappa shape index (κ2) is 6.94. The summed E-state index contributed by atoms with van der Waals surface area (Å²) in [4.78, 5) is 13.9. The van der Waals surface area contributed by atoms with E-state index in [1.165, 1.54) is 11.3 Å². The molecule has 116 valence electrons. The number of carbonyl (C=O) groups excluding carboxylic acids is 1. The zero-order valence-corrected chi connectivity index (χ0v) is 13.3. The van der Waals surface area contributed by atoms with E-state index < -0.39 is 0 Å². The number of nitrogens with one attached hydrogen (secondary N) is 1. The van der Waals surface area contributed by atoms with Crippen LogP contribution < -0.4 is 16.0 Å². The van der Waals surface area contributed by atoms with Crippen LogP contribution in [0.25, 0.3) is 0 Å². The van der Waals surface area contributed by atoms with Gasteiger partial charge in [0.1, 0.15) is 0 Å². The lowest BCUT2D eigenvalue weighted by Crippen LogP contribution is -2.46. The highest BCUT2D eigenvalue weighted by atomic mass is 16.1. The number of carbonyl (C=O) groups is 1. The van der Waals surface area contributed by atoms with Crippen molar-refractivity contribution in [1.29, 1.82) is 0 Å². The van der Waals surface area contributed by atoms with Gasteiger partial charge in [0.15, 0.2) is 0 Å². The van der Waals surface area contributed by atoms with E-state index in [0.717, 1.165) is 25.9 Å².